The molecule has 0 bridgehead atoms. The van der Waals surface area contributed by atoms with Gasteiger partial charge in [-0.2, -0.15) is 4.98 Å². The third-order valence-electron chi connectivity index (χ3n) is 4.30. The number of amides is 1. The molecule has 0 radical (unpaired) electrons. The Balaban J connectivity index is 1.73. The number of ether oxygens (including phenoxy) is 2. The second-order valence-electron chi connectivity index (χ2n) is 6.46. The fraction of sp³-hybridized carbons (Fsp3) is 0.722. The highest BCUT2D eigenvalue weighted by Crippen LogP contribution is 2.19. The fourth-order valence-corrected chi connectivity index (χ4v) is 2.83. The largest absolute Gasteiger partial charge is 0.391 e. The Morgan fingerprint density at radius 3 is 2.69 bits per heavy atom. The van der Waals surface area contributed by atoms with Crippen LogP contribution in [-0.4, -0.2) is 40.1 Å². The van der Waals surface area contributed by atoms with Crippen molar-refractivity contribution in [2.24, 2.45) is 0 Å². The van der Waals surface area contributed by atoms with E-state index in [2.05, 4.69) is 17.2 Å². The van der Waals surface area contributed by atoms with Gasteiger partial charge in [0.2, 0.25) is 5.91 Å². The minimum absolute atomic E-state index is 0.135. The predicted molar refractivity (Wildman–Crippen MR) is 96.7 cm³/mol. The van der Waals surface area contributed by atoms with Gasteiger partial charge in [0.15, 0.2) is 12.5 Å². The standard InChI is InChI=1S/C18H29N3O5/c1-2-3-4-5-6-7-8-9-15(23)19-14-10-11-21(18(24)20-14)16-13-25-17(12-22)26-16/h10-11,16-17,22H,2-9,12-13H2,1H3,(H,19,20,23,24)/t16-,17-/m0/s1. The lowest BCUT2D eigenvalue weighted by atomic mass is 10.1. The van der Waals surface area contributed by atoms with E-state index in [4.69, 9.17) is 14.6 Å². The molecule has 2 atom stereocenters. The summed E-state index contributed by atoms with van der Waals surface area (Å²) in [5.74, 6) is 0.0980. The Kier molecular flexibility index (Phi) is 8.73. The minimum Gasteiger partial charge on any atom is -0.391 e. The van der Waals surface area contributed by atoms with E-state index in [1.165, 1.54) is 36.4 Å². The summed E-state index contributed by atoms with van der Waals surface area (Å²) < 4.78 is 11.8. The highest BCUT2D eigenvalue weighted by Gasteiger charge is 2.27. The summed E-state index contributed by atoms with van der Waals surface area (Å²) in [6, 6.07) is 1.56. The number of anilines is 1. The molecule has 1 saturated heterocycles. The van der Waals surface area contributed by atoms with Gasteiger partial charge in [0.05, 0.1) is 13.2 Å². The number of carbonyl (C=O) groups excluding carboxylic acids is 1. The van der Waals surface area contributed by atoms with Crippen LogP contribution >= 0.6 is 0 Å². The maximum absolute atomic E-state index is 12.1. The number of aromatic nitrogens is 2. The molecule has 2 heterocycles. The van der Waals surface area contributed by atoms with Gasteiger partial charge < -0.3 is 19.9 Å². The van der Waals surface area contributed by atoms with Crippen LogP contribution in [0.3, 0.4) is 0 Å². The number of nitrogens with zero attached hydrogens (tertiary/aromatic N) is 2. The predicted octanol–water partition coefficient (Wildman–Crippen LogP) is 2.19. The van der Waals surface area contributed by atoms with Gasteiger partial charge in [0, 0.05) is 12.6 Å². The van der Waals surface area contributed by atoms with Crippen LogP contribution in [0.4, 0.5) is 5.82 Å². The first-order chi connectivity index (χ1) is 12.6. The summed E-state index contributed by atoms with van der Waals surface area (Å²) in [6.45, 7) is 2.08. The molecule has 8 heteroatoms. The molecule has 26 heavy (non-hydrogen) atoms. The smallest absolute Gasteiger partial charge is 0.351 e. The molecule has 1 amide bonds. The van der Waals surface area contributed by atoms with Crippen molar-refractivity contribution in [2.45, 2.75) is 70.8 Å². The molecule has 1 aromatic heterocycles. The summed E-state index contributed by atoms with van der Waals surface area (Å²) in [4.78, 5) is 27.9. The molecule has 2 N–H and O–H groups in total. The maximum atomic E-state index is 12.1. The molecule has 0 saturated carbocycles. The number of aliphatic hydroxyl groups is 1. The molecule has 0 aromatic carbocycles. The number of unbranched alkanes of at least 4 members (excludes halogenated alkanes) is 6. The van der Waals surface area contributed by atoms with Crippen LogP contribution < -0.4 is 11.0 Å². The normalized spacial score (nSPS) is 19.6. The van der Waals surface area contributed by atoms with Gasteiger partial charge in [-0.3, -0.25) is 9.36 Å². The average molecular weight is 367 g/mol. The lowest BCUT2D eigenvalue weighted by molar-refractivity contribution is -0.116. The van der Waals surface area contributed by atoms with Crippen molar-refractivity contribution in [1.29, 1.82) is 0 Å². The van der Waals surface area contributed by atoms with E-state index in [1.54, 1.807) is 6.07 Å². The number of hydrogen-bond donors (Lipinski definition) is 2. The Labute approximate surface area is 153 Å². The van der Waals surface area contributed by atoms with Crippen LogP contribution in [0.1, 0.15) is 64.5 Å². The molecule has 1 aromatic rings. The lowest BCUT2D eigenvalue weighted by Crippen LogP contribution is -2.29. The monoisotopic (exact) mass is 367 g/mol. The van der Waals surface area contributed by atoms with Gasteiger partial charge in [-0.1, -0.05) is 45.4 Å². The van der Waals surface area contributed by atoms with Gasteiger partial charge >= 0.3 is 5.69 Å². The average Bonchev–Trinajstić information content (AvgIpc) is 3.10. The molecule has 0 spiro atoms. The first-order valence-electron chi connectivity index (χ1n) is 9.41. The summed E-state index contributed by atoms with van der Waals surface area (Å²) >= 11 is 0. The maximum Gasteiger partial charge on any atom is 0.351 e. The number of hydrogen-bond acceptors (Lipinski definition) is 6. The zero-order valence-corrected chi connectivity index (χ0v) is 15.4. The van der Waals surface area contributed by atoms with Crippen molar-refractivity contribution in [2.75, 3.05) is 18.5 Å². The zero-order chi connectivity index (χ0) is 18.8. The first kappa shape index (κ1) is 20.5. The molecular weight excluding hydrogens is 338 g/mol. The van der Waals surface area contributed by atoms with Crippen molar-refractivity contribution in [3.05, 3.63) is 22.7 Å². The molecule has 8 nitrogen and oxygen atoms in total. The van der Waals surface area contributed by atoms with Gasteiger partial charge in [-0.05, 0) is 12.5 Å². The second kappa shape index (κ2) is 11.1. The zero-order valence-electron chi connectivity index (χ0n) is 15.4. The highest BCUT2D eigenvalue weighted by molar-refractivity contribution is 5.89. The summed E-state index contributed by atoms with van der Waals surface area (Å²) in [5.41, 5.74) is -0.536. The summed E-state index contributed by atoms with van der Waals surface area (Å²) in [7, 11) is 0. The third-order valence-corrected chi connectivity index (χ3v) is 4.30. The van der Waals surface area contributed by atoms with Gasteiger partial charge in [0.1, 0.15) is 5.82 Å². The third kappa shape index (κ3) is 6.51. The van der Waals surface area contributed by atoms with Crippen LogP contribution in [0, 0.1) is 0 Å². The van der Waals surface area contributed by atoms with E-state index >= 15 is 0 Å². The van der Waals surface area contributed by atoms with E-state index < -0.39 is 18.2 Å². The fourth-order valence-electron chi connectivity index (χ4n) is 2.83. The van der Waals surface area contributed by atoms with Crippen molar-refractivity contribution >= 4 is 11.7 Å². The molecular formula is C18H29N3O5. The van der Waals surface area contributed by atoms with Crippen LogP contribution in [0.2, 0.25) is 0 Å². The number of rotatable bonds is 11. The van der Waals surface area contributed by atoms with Crippen LogP contribution in [-0.2, 0) is 14.3 Å². The van der Waals surface area contributed by atoms with Crippen LogP contribution in [0.15, 0.2) is 17.1 Å². The molecule has 1 aliphatic heterocycles. The number of nitrogens with one attached hydrogen (secondary N) is 1. The van der Waals surface area contributed by atoms with Crippen LogP contribution in [0.25, 0.3) is 0 Å². The van der Waals surface area contributed by atoms with E-state index in [0.717, 1.165) is 19.3 Å². The van der Waals surface area contributed by atoms with Gasteiger partial charge in [-0.25, -0.2) is 4.79 Å². The molecule has 2 rings (SSSR count). The minimum atomic E-state index is -0.728. The molecule has 1 aliphatic rings. The van der Waals surface area contributed by atoms with Crippen molar-refractivity contribution in [3.63, 3.8) is 0 Å². The summed E-state index contributed by atoms with van der Waals surface area (Å²) in [6.07, 6.45) is 8.60. The molecule has 1 fully saturated rings. The van der Waals surface area contributed by atoms with E-state index in [9.17, 15) is 9.59 Å². The van der Waals surface area contributed by atoms with Crippen molar-refractivity contribution in [1.82, 2.24) is 9.55 Å². The summed E-state index contributed by atoms with van der Waals surface area (Å²) in [5, 5.41) is 11.6. The molecule has 146 valence electrons. The lowest BCUT2D eigenvalue weighted by Gasteiger charge is -2.12. The van der Waals surface area contributed by atoms with Gasteiger partial charge in [-0.15, -0.1) is 0 Å². The Hall–Kier alpha value is -1.77. The Bertz CT molecular complexity index is 619. The second-order valence-corrected chi connectivity index (χ2v) is 6.46. The van der Waals surface area contributed by atoms with E-state index in [-0.39, 0.29) is 24.9 Å². The topological polar surface area (TPSA) is 103 Å². The Morgan fingerprint density at radius 2 is 2.04 bits per heavy atom. The first-order valence-corrected chi connectivity index (χ1v) is 9.41. The molecule has 0 unspecified atom stereocenters. The van der Waals surface area contributed by atoms with Crippen molar-refractivity contribution in [3.8, 4) is 0 Å². The number of aliphatic hydroxyl groups excluding tert-OH is 1. The number of carbonyl (C=O) groups is 1. The van der Waals surface area contributed by atoms with E-state index in [1.807, 2.05) is 0 Å². The quantitative estimate of drug-likeness (QED) is 0.581. The van der Waals surface area contributed by atoms with Gasteiger partial charge in [0.25, 0.3) is 0 Å². The van der Waals surface area contributed by atoms with E-state index in [0.29, 0.717) is 6.42 Å². The highest BCUT2D eigenvalue weighted by atomic mass is 16.7. The van der Waals surface area contributed by atoms with Crippen LogP contribution in [0.5, 0.6) is 0 Å². The van der Waals surface area contributed by atoms with Crippen molar-refractivity contribution < 1.29 is 19.4 Å². The SMILES string of the molecule is CCCCCCCCCC(=O)Nc1ccn([C@@H]2CO[C@H](CO)O2)c(=O)n1. The molecule has 0 aliphatic carbocycles. The Morgan fingerprint density at radius 1 is 1.31 bits per heavy atom.